The predicted molar refractivity (Wildman–Crippen MR) is 166 cm³/mol. The Labute approximate surface area is 246 Å². The molecule has 5 rings (SSSR count). The van der Waals surface area contributed by atoms with Crippen molar-refractivity contribution >= 4 is 39.0 Å². The molecule has 1 N–H and O–H groups in total. The lowest BCUT2D eigenvalue weighted by atomic mass is 9.94. The number of pyridine rings is 1. The molecule has 1 amide bonds. The number of likely N-dealkylation sites (N-methyl/N-ethyl adjacent to an activating group) is 1. The molecule has 1 aliphatic rings. The number of carbonyl (C=O) groups is 1. The summed E-state index contributed by atoms with van der Waals surface area (Å²) in [6, 6.07) is 9.85. The topological polar surface area (TPSA) is 83.5 Å². The third kappa shape index (κ3) is 6.41. The highest BCUT2D eigenvalue weighted by Gasteiger charge is 2.30. The number of aryl methyl sites for hydroxylation is 2. The number of aromatic nitrogens is 3. The number of carbonyl (C=O) groups excluding carboxylic acids is 1. The monoisotopic (exact) mass is 570 g/mol. The van der Waals surface area contributed by atoms with Crippen LogP contribution in [0.1, 0.15) is 55.3 Å². The van der Waals surface area contributed by atoms with Crippen molar-refractivity contribution in [3.05, 3.63) is 76.7 Å². The number of nitrogens with zero attached hydrogens (tertiary/aromatic N) is 5. The van der Waals surface area contributed by atoms with Gasteiger partial charge in [-0.1, -0.05) is 13.0 Å². The number of amides is 1. The van der Waals surface area contributed by atoms with Crippen LogP contribution in [0.3, 0.4) is 0 Å². The number of fused-ring (bicyclic) bond motifs is 3. The lowest BCUT2D eigenvalue weighted by molar-refractivity contribution is -0.127. The maximum absolute atomic E-state index is 13.1. The first kappa shape index (κ1) is 28.7. The molecular formula is C32H38N6O2S. The first-order valence-electron chi connectivity index (χ1n) is 13.9. The molecule has 4 aromatic rings. The molecule has 1 aromatic carbocycles. The number of thiophene rings is 1. The van der Waals surface area contributed by atoms with Gasteiger partial charge < -0.3 is 15.0 Å². The van der Waals surface area contributed by atoms with Crippen molar-refractivity contribution in [2.75, 3.05) is 25.5 Å². The first-order valence-corrected chi connectivity index (χ1v) is 14.7. The van der Waals surface area contributed by atoms with Crippen molar-refractivity contribution in [2.24, 2.45) is 0 Å². The highest BCUT2D eigenvalue weighted by atomic mass is 32.1. The zero-order valence-electron chi connectivity index (χ0n) is 24.9. The van der Waals surface area contributed by atoms with Crippen molar-refractivity contribution in [1.82, 2.24) is 24.8 Å². The molecule has 0 saturated carbocycles. The Hall–Kier alpha value is -3.82. The Balaban J connectivity index is 1.34. The smallest absolute Gasteiger partial charge is 0.246 e. The molecule has 9 heteroatoms. The Morgan fingerprint density at radius 3 is 2.71 bits per heavy atom. The normalized spacial score (nSPS) is 15.5. The minimum atomic E-state index is 0.0471. The second-order valence-electron chi connectivity index (χ2n) is 11.8. The van der Waals surface area contributed by atoms with Crippen molar-refractivity contribution in [3.63, 3.8) is 0 Å². The molecule has 1 atom stereocenters. The Kier molecular flexibility index (Phi) is 8.11. The summed E-state index contributed by atoms with van der Waals surface area (Å²) in [5, 5.41) is 4.56. The van der Waals surface area contributed by atoms with Gasteiger partial charge in [-0.05, 0) is 83.1 Å². The number of nitrogens with one attached hydrogen (secondary N) is 1. The summed E-state index contributed by atoms with van der Waals surface area (Å²) in [4.78, 5) is 32.8. The van der Waals surface area contributed by atoms with Gasteiger partial charge in [0.15, 0.2) is 0 Å². The molecule has 0 aliphatic carbocycles. The third-order valence-electron chi connectivity index (χ3n) is 7.57. The summed E-state index contributed by atoms with van der Waals surface area (Å²) >= 11 is 1.65. The highest BCUT2D eigenvalue weighted by molar-refractivity contribution is 7.19. The molecule has 0 spiro atoms. The number of hydrogen-bond donors (Lipinski definition) is 1. The van der Waals surface area contributed by atoms with E-state index in [-0.39, 0.29) is 17.4 Å². The fourth-order valence-electron chi connectivity index (χ4n) is 4.87. The summed E-state index contributed by atoms with van der Waals surface area (Å²) in [6.45, 7) is 14.6. The van der Waals surface area contributed by atoms with Gasteiger partial charge in [-0.15, -0.1) is 11.3 Å². The van der Waals surface area contributed by atoms with Gasteiger partial charge in [0.05, 0.1) is 18.1 Å². The third-order valence-corrected chi connectivity index (χ3v) is 8.67. The maximum Gasteiger partial charge on any atom is 0.246 e. The molecule has 4 heterocycles. The van der Waals surface area contributed by atoms with E-state index < -0.39 is 0 Å². The van der Waals surface area contributed by atoms with Gasteiger partial charge in [0, 0.05) is 46.9 Å². The second-order valence-corrected chi connectivity index (χ2v) is 12.8. The average Bonchev–Trinajstić information content (AvgIpc) is 3.31. The zero-order chi connectivity index (χ0) is 29.3. The Bertz CT molecular complexity index is 1590. The maximum atomic E-state index is 13.1. The van der Waals surface area contributed by atoms with Gasteiger partial charge in [0.1, 0.15) is 28.5 Å². The van der Waals surface area contributed by atoms with Crippen LogP contribution in [0.25, 0.3) is 10.2 Å². The minimum Gasteiger partial charge on any atom is -0.455 e. The fraction of sp³-hybridized carbons (Fsp3) is 0.375. The molecule has 41 heavy (non-hydrogen) atoms. The average molecular weight is 571 g/mol. The minimum absolute atomic E-state index is 0.0471. The van der Waals surface area contributed by atoms with E-state index in [9.17, 15) is 4.79 Å². The van der Waals surface area contributed by atoms with E-state index >= 15 is 0 Å². The van der Waals surface area contributed by atoms with Gasteiger partial charge in [-0.2, -0.15) is 0 Å². The van der Waals surface area contributed by atoms with Gasteiger partial charge >= 0.3 is 0 Å². The van der Waals surface area contributed by atoms with E-state index in [0.29, 0.717) is 18.8 Å². The lowest BCUT2D eigenvalue weighted by Crippen LogP contribution is -2.38. The van der Waals surface area contributed by atoms with Crippen LogP contribution >= 0.6 is 11.3 Å². The Morgan fingerprint density at radius 2 is 2.00 bits per heavy atom. The number of benzene rings is 1. The fourth-order valence-corrected chi connectivity index (χ4v) is 6.15. The number of rotatable bonds is 7. The van der Waals surface area contributed by atoms with E-state index in [1.807, 2.05) is 49.1 Å². The molecule has 0 fully saturated rings. The van der Waals surface area contributed by atoms with E-state index in [4.69, 9.17) is 4.74 Å². The number of ether oxygens (including phenoxy) is 1. The molecule has 214 valence electrons. The largest absolute Gasteiger partial charge is 0.455 e. The van der Waals surface area contributed by atoms with Crippen LogP contribution in [-0.2, 0) is 11.3 Å². The molecule has 0 unspecified atom stereocenters. The molecular weight excluding hydrogens is 532 g/mol. The SMILES string of the molecule is Cc1ccc(Oc2ccc(Nc3ncnc4sc5c(c34)[C@@H](C)CN(C(=O)/C=C/CN(C)C(C)(C)C)C5)cc2C)cn1. The number of anilines is 2. The zero-order valence-corrected chi connectivity index (χ0v) is 25.7. The van der Waals surface area contributed by atoms with Crippen LogP contribution in [0.2, 0.25) is 0 Å². The van der Waals surface area contributed by atoms with E-state index in [1.165, 1.54) is 10.4 Å². The van der Waals surface area contributed by atoms with Crippen LogP contribution in [0.4, 0.5) is 11.5 Å². The van der Waals surface area contributed by atoms with Crippen LogP contribution in [0.15, 0.2) is 55.0 Å². The van der Waals surface area contributed by atoms with Gasteiger partial charge in [0.2, 0.25) is 5.91 Å². The van der Waals surface area contributed by atoms with Crippen LogP contribution < -0.4 is 10.1 Å². The molecule has 0 saturated heterocycles. The molecule has 0 radical (unpaired) electrons. The molecule has 3 aromatic heterocycles. The second kappa shape index (κ2) is 11.6. The van der Waals surface area contributed by atoms with Crippen LogP contribution in [0, 0.1) is 13.8 Å². The van der Waals surface area contributed by atoms with Crippen LogP contribution in [-0.4, -0.2) is 56.3 Å². The summed E-state index contributed by atoms with van der Waals surface area (Å²) < 4.78 is 6.04. The van der Waals surface area contributed by atoms with Gasteiger partial charge in [-0.3, -0.25) is 14.7 Å². The van der Waals surface area contributed by atoms with Crippen molar-refractivity contribution in [2.45, 2.75) is 59.5 Å². The van der Waals surface area contributed by atoms with Crippen molar-refractivity contribution in [3.8, 4) is 11.5 Å². The molecule has 8 nitrogen and oxygen atoms in total. The standard InChI is InChI=1S/C32H38N6O2S/c1-20-15-23(11-13-25(20)40-24-12-10-22(3)33-16-24)36-30-29-28-21(2)17-38(18-26(28)41-31(29)35-19-34-30)27(39)9-8-14-37(7)32(4,5)6/h8-13,15-16,19,21H,14,17-18H2,1-7H3,(H,34,35,36)/b9-8+/t21-/m0/s1. The van der Waals surface area contributed by atoms with E-state index in [2.05, 4.69) is 66.0 Å². The predicted octanol–water partition coefficient (Wildman–Crippen LogP) is 6.97. The summed E-state index contributed by atoms with van der Waals surface area (Å²) in [7, 11) is 2.07. The summed E-state index contributed by atoms with van der Waals surface area (Å²) in [5.41, 5.74) is 4.15. The first-order chi connectivity index (χ1) is 19.5. The quantitative estimate of drug-likeness (QED) is 0.240. The van der Waals surface area contributed by atoms with Crippen molar-refractivity contribution in [1.29, 1.82) is 0 Å². The van der Waals surface area contributed by atoms with Crippen LogP contribution in [0.5, 0.6) is 11.5 Å². The lowest BCUT2D eigenvalue weighted by Gasteiger charge is -2.31. The Morgan fingerprint density at radius 1 is 1.20 bits per heavy atom. The summed E-state index contributed by atoms with van der Waals surface area (Å²) in [5.74, 6) is 2.47. The van der Waals surface area contributed by atoms with Gasteiger partial charge in [-0.25, -0.2) is 9.97 Å². The molecule has 0 bridgehead atoms. The van der Waals surface area contributed by atoms with Crippen molar-refractivity contribution < 1.29 is 9.53 Å². The van der Waals surface area contributed by atoms with E-state index in [0.717, 1.165) is 45.3 Å². The highest BCUT2D eigenvalue weighted by Crippen LogP contribution is 2.42. The van der Waals surface area contributed by atoms with Gasteiger partial charge in [0.25, 0.3) is 0 Å². The van der Waals surface area contributed by atoms with E-state index in [1.54, 1.807) is 29.9 Å². The molecule has 1 aliphatic heterocycles. The number of hydrogen-bond acceptors (Lipinski definition) is 8. The summed E-state index contributed by atoms with van der Waals surface area (Å²) in [6.07, 6.45) is 7.01.